The molecule has 19 heavy (non-hydrogen) atoms. The number of aromatic nitrogens is 4. The van der Waals surface area contributed by atoms with Crippen LogP contribution in [-0.2, 0) is 33.4 Å². The molecule has 0 aromatic carbocycles. The van der Waals surface area contributed by atoms with Gasteiger partial charge in [0.1, 0.15) is 0 Å². The van der Waals surface area contributed by atoms with Crippen LogP contribution in [0.3, 0.4) is 0 Å². The molecule has 2 aromatic rings. The van der Waals surface area contributed by atoms with Crippen molar-refractivity contribution in [3.05, 3.63) is 35.4 Å². The van der Waals surface area contributed by atoms with Crippen molar-refractivity contribution in [2.75, 3.05) is 0 Å². The third kappa shape index (κ3) is 3.14. The number of aryl methyl sites for hydroxylation is 2. The standard InChI is InChI=1S/C11H14F3N5/c1-18-8(3-4-16-18)6-15-7-9-5-10(11(12,13)14)17-19(9)2/h3-5,15H,6-7H2,1-2H3. The zero-order chi connectivity index (χ0) is 14.0. The van der Waals surface area contributed by atoms with Gasteiger partial charge in [0.05, 0.1) is 11.4 Å². The Kier molecular flexibility index (Phi) is 3.61. The van der Waals surface area contributed by atoms with Crippen LogP contribution in [0, 0.1) is 0 Å². The normalized spacial score (nSPS) is 12.1. The molecule has 0 fully saturated rings. The summed E-state index contributed by atoms with van der Waals surface area (Å²) in [6.45, 7) is 0.841. The molecular weight excluding hydrogens is 259 g/mol. The number of halogens is 3. The van der Waals surface area contributed by atoms with E-state index in [0.717, 1.165) is 11.8 Å². The zero-order valence-electron chi connectivity index (χ0n) is 10.6. The summed E-state index contributed by atoms with van der Waals surface area (Å²) in [4.78, 5) is 0. The van der Waals surface area contributed by atoms with Crippen molar-refractivity contribution >= 4 is 0 Å². The number of hydrogen-bond acceptors (Lipinski definition) is 3. The molecule has 0 aliphatic heterocycles. The molecule has 2 rings (SSSR count). The van der Waals surface area contributed by atoms with E-state index in [1.165, 1.54) is 11.7 Å². The Labute approximate surface area is 108 Å². The first-order valence-electron chi connectivity index (χ1n) is 5.65. The second kappa shape index (κ2) is 5.04. The minimum atomic E-state index is -4.40. The first-order valence-corrected chi connectivity index (χ1v) is 5.65. The van der Waals surface area contributed by atoms with Gasteiger partial charge in [0.2, 0.25) is 0 Å². The smallest absolute Gasteiger partial charge is 0.306 e. The fourth-order valence-electron chi connectivity index (χ4n) is 1.70. The number of nitrogens with one attached hydrogen (secondary N) is 1. The van der Waals surface area contributed by atoms with E-state index in [0.29, 0.717) is 18.8 Å². The highest BCUT2D eigenvalue weighted by atomic mass is 19.4. The van der Waals surface area contributed by atoms with Gasteiger partial charge in [-0.3, -0.25) is 9.36 Å². The molecule has 104 valence electrons. The average Bonchev–Trinajstić information content (AvgIpc) is 2.86. The van der Waals surface area contributed by atoms with Crippen molar-refractivity contribution in [1.82, 2.24) is 24.9 Å². The minimum absolute atomic E-state index is 0.310. The Balaban J connectivity index is 1.97. The van der Waals surface area contributed by atoms with E-state index in [2.05, 4.69) is 15.5 Å². The van der Waals surface area contributed by atoms with Crippen LogP contribution >= 0.6 is 0 Å². The van der Waals surface area contributed by atoms with E-state index in [1.54, 1.807) is 10.9 Å². The van der Waals surface area contributed by atoms with Gasteiger partial charge in [-0.25, -0.2) is 0 Å². The largest absolute Gasteiger partial charge is 0.435 e. The molecule has 0 aliphatic carbocycles. The molecule has 0 spiro atoms. The maximum atomic E-state index is 12.5. The van der Waals surface area contributed by atoms with E-state index in [1.807, 2.05) is 13.1 Å². The molecule has 0 aliphatic rings. The van der Waals surface area contributed by atoms with Gasteiger partial charge >= 0.3 is 6.18 Å². The van der Waals surface area contributed by atoms with E-state index < -0.39 is 11.9 Å². The second-order valence-corrected chi connectivity index (χ2v) is 4.19. The highest BCUT2D eigenvalue weighted by molar-refractivity contribution is 5.13. The van der Waals surface area contributed by atoms with Gasteiger partial charge in [-0.15, -0.1) is 0 Å². The molecular formula is C11H14F3N5. The number of nitrogens with zero attached hydrogens (tertiary/aromatic N) is 4. The summed E-state index contributed by atoms with van der Waals surface area (Å²) < 4.78 is 40.4. The Morgan fingerprint density at radius 3 is 2.37 bits per heavy atom. The van der Waals surface area contributed by atoms with E-state index in [4.69, 9.17) is 0 Å². The summed E-state index contributed by atoms with van der Waals surface area (Å²) in [5.41, 5.74) is 0.569. The highest BCUT2D eigenvalue weighted by Crippen LogP contribution is 2.28. The monoisotopic (exact) mass is 273 g/mol. The second-order valence-electron chi connectivity index (χ2n) is 4.19. The van der Waals surface area contributed by atoms with Crippen molar-refractivity contribution in [2.24, 2.45) is 14.1 Å². The third-order valence-electron chi connectivity index (χ3n) is 2.80. The molecule has 0 unspecified atom stereocenters. The molecule has 2 aromatic heterocycles. The molecule has 8 heteroatoms. The molecule has 0 atom stereocenters. The van der Waals surface area contributed by atoms with E-state index in [9.17, 15) is 13.2 Å². The quantitative estimate of drug-likeness (QED) is 0.917. The van der Waals surface area contributed by atoms with Gasteiger partial charge < -0.3 is 5.32 Å². The maximum absolute atomic E-state index is 12.5. The molecule has 1 N–H and O–H groups in total. The van der Waals surface area contributed by atoms with Crippen LogP contribution in [0.2, 0.25) is 0 Å². The fourth-order valence-corrected chi connectivity index (χ4v) is 1.70. The zero-order valence-corrected chi connectivity index (χ0v) is 10.6. The minimum Gasteiger partial charge on any atom is -0.306 e. The number of hydrogen-bond donors (Lipinski definition) is 1. The van der Waals surface area contributed by atoms with Crippen LogP contribution in [0.4, 0.5) is 13.2 Å². The number of alkyl halides is 3. The van der Waals surface area contributed by atoms with Crippen molar-refractivity contribution < 1.29 is 13.2 Å². The van der Waals surface area contributed by atoms with Gasteiger partial charge in [-0.2, -0.15) is 23.4 Å². The van der Waals surface area contributed by atoms with Crippen LogP contribution in [-0.4, -0.2) is 19.6 Å². The van der Waals surface area contributed by atoms with Gasteiger partial charge in [-0.1, -0.05) is 0 Å². The lowest BCUT2D eigenvalue weighted by Crippen LogP contribution is -2.17. The highest BCUT2D eigenvalue weighted by Gasteiger charge is 2.34. The summed E-state index contributed by atoms with van der Waals surface area (Å²) in [7, 11) is 3.30. The summed E-state index contributed by atoms with van der Waals surface area (Å²) >= 11 is 0. The summed E-state index contributed by atoms with van der Waals surface area (Å²) in [6, 6.07) is 2.90. The van der Waals surface area contributed by atoms with Crippen molar-refractivity contribution in [3.8, 4) is 0 Å². The summed E-state index contributed by atoms with van der Waals surface area (Å²) in [5.74, 6) is 0. The van der Waals surface area contributed by atoms with Gasteiger partial charge in [-0.05, 0) is 12.1 Å². The van der Waals surface area contributed by atoms with Crippen LogP contribution < -0.4 is 5.32 Å². The van der Waals surface area contributed by atoms with E-state index >= 15 is 0 Å². The molecule has 0 bridgehead atoms. The molecule has 0 saturated carbocycles. The lowest BCUT2D eigenvalue weighted by molar-refractivity contribution is -0.141. The van der Waals surface area contributed by atoms with Crippen LogP contribution in [0.15, 0.2) is 18.3 Å². The molecule has 5 nitrogen and oxygen atoms in total. The predicted octanol–water partition coefficient (Wildman–Crippen LogP) is 1.46. The lowest BCUT2D eigenvalue weighted by Gasteiger charge is -2.05. The van der Waals surface area contributed by atoms with Crippen molar-refractivity contribution in [1.29, 1.82) is 0 Å². The Bertz CT molecular complexity index is 555. The average molecular weight is 273 g/mol. The predicted molar refractivity (Wildman–Crippen MR) is 62.0 cm³/mol. The van der Waals surface area contributed by atoms with Crippen LogP contribution in [0.1, 0.15) is 17.1 Å². The SMILES string of the molecule is Cn1nccc1CNCc1cc(C(F)(F)F)nn1C. The maximum Gasteiger partial charge on any atom is 0.435 e. The molecule has 0 amide bonds. The summed E-state index contributed by atoms with van der Waals surface area (Å²) in [6.07, 6.45) is -2.74. The lowest BCUT2D eigenvalue weighted by atomic mass is 10.3. The molecule has 2 heterocycles. The molecule has 0 saturated heterocycles. The van der Waals surface area contributed by atoms with Gasteiger partial charge in [0.15, 0.2) is 5.69 Å². The van der Waals surface area contributed by atoms with Crippen LogP contribution in [0.5, 0.6) is 0 Å². The third-order valence-corrected chi connectivity index (χ3v) is 2.80. The van der Waals surface area contributed by atoms with E-state index in [-0.39, 0.29) is 0 Å². The Morgan fingerprint density at radius 1 is 1.16 bits per heavy atom. The Morgan fingerprint density at radius 2 is 1.84 bits per heavy atom. The van der Waals surface area contributed by atoms with Gasteiger partial charge in [0, 0.05) is 33.4 Å². The first kappa shape index (κ1) is 13.6. The number of rotatable bonds is 4. The fraction of sp³-hybridized carbons (Fsp3) is 0.455. The Hall–Kier alpha value is -1.83. The van der Waals surface area contributed by atoms with Crippen molar-refractivity contribution in [2.45, 2.75) is 19.3 Å². The summed E-state index contributed by atoms with van der Waals surface area (Å²) in [5, 5.41) is 10.5. The first-order chi connectivity index (χ1) is 8.88. The molecule has 0 radical (unpaired) electrons. The topological polar surface area (TPSA) is 47.7 Å². The van der Waals surface area contributed by atoms with Crippen LogP contribution in [0.25, 0.3) is 0 Å². The van der Waals surface area contributed by atoms with Gasteiger partial charge in [0.25, 0.3) is 0 Å². The van der Waals surface area contributed by atoms with Crippen molar-refractivity contribution in [3.63, 3.8) is 0 Å².